The predicted molar refractivity (Wildman–Crippen MR) is 78.1 cm³/mol. The maximum absolute atomic E-state index is 11.1. The third-order valence-corrected chi connectivity index (χ3v) is 4.51. The van der Waals surface area contributed by atoms with Crippen LogP contribution < -0.4 is 0 Å². The van der Waals surface area contributed by atoms with Gasteiger partial charge in [-0.2, -0.15) is 0 Å². The quantitative estimate of drug-likeness (QED) is 0.904. The van der Waals surface area contributed by atoms with Gasteiger partial charge in [-0.05, 0) is 43.9 Å². The van der Waals surface area contributed by atoms with Gasteiger partial charge in [-0.3, -0.25) is 0 Å². The number of aromatic carboxylic acids is 1. The Morgan fingerprint density at radius 3 is 2.80 bits per heavy atom. The van der Waals surface area contributed by atoms with Crippen LogP contribution in [0.4, 0.5) is 0 Å². The number of carboxylic acids is 1. The SMILES string of the molecule is Cc1nc2cc(C(=O)O)ccc2n1C1CCCCC1C. The normalized spacial score (nSPS) is 23.1. The first-order chi connectivity index (χ1) is 9.58. The van der Waals surface area contributed by atoms with Gasteiger partial charge in [0.15, 0.2) is 0 Å². The zero-order valence-electron chi connectivity index (χ0n) is 12.0. The van der Waals surface area contributed by atoms with Crippen molar-refractivity contribution in [2.24, 2.45) is 5.92 Å². The van der Waals surface area contributed by atoms with Gasteiger partial charge >= 0.3 is 5.97 Å². The summed E-state index contributed by atoms with van der Waals surface area (Å²) in [6, 6.07) is 5.74. The molecule has 0 saturated heterocycles. The Balaban J connectivity index is 2.11. The topological polar surface area (TPSA) is 55.1 Å². The van der Waals surface area contributed by atoms with Crippen molar-refractivity contribution in [2.45, 2.75) is 45.6 Å². The summed E-state index contributed by atoms with van der Waals surface area (Å²) in [6.07, 6.45) is 5.03. The lowest BCUT2D eigenvalue weighted by Crippen LogP contribution is -2.21. The van der Waals surface area contributed by atoms with Crippen LogP contribution in [0.25, 0.3) is 11.0 Å². The molecule has 2 aromatic rings. The van der Waals surface area contributed by atoms with Gasteiger partial charge in [0.2, 0.25) is 0 Å². The predicted octanol–water partition coefficient (Wildman–Crippen LogP) is 3.79. The van der Waals surface area contributed by atoms with Crippen molar-refractivity contribution in [3.63, 3.8) is 0 Å². The number of rotatable bonds is 2. The highest BCUT2D eigenvalue weighted by Gasteiger charge is 2.25. The molecule has 0 bridgehead atoms. The zero-order chi connectivity index (χ0) is 14.3. The molecule has 1 heterocycles. The van der Waals surface area contributed by atoms with E-state index in [1.54, 1.807) is 12.1 Å². The molecule has 0 aliphatic heterocycles. The summed E-state index contributed by atoms with van der Waals surface area (Å²) >= 11 is 0. The molecular formula is C16H20N2O2. The summed E-state index contributed by atoms with van der Waals surface area (Å²) in [5.74, 6) is 0.741. The Morgan fingerprint density at radius 2 is 2.10 bits per heavy atom. The van der Waals surface area contributed by atoms with Crippen LogP contribution in [0.5, 0.6) is 0 Å². The van der Waals surface area contributed by atoms with Crippen LogP contribution in [0.1, 0.15) is 54.8 Å². The van der Waals surface area contributed by atoms with Crippen molar-refractivity contribution in [1.29, 1.82) is 0 Å². The zero-order valence-corrected chi connectivity index (χ0v) is 12.0. The number of carbonyl (C=O) groups is 1. The second-order valence-corrected chi connectivity index (χ2v) is 5.87. The summed E-state index contributed by atoms with van der Waals surface area (Å²) in [5, 5.41) is 9.08. The van der Waals surface area contributed by atoms with Gasteiger partial charge in [-0.15, -0.1) is 0 Å². The lowest BCUT2D eigenvalue weighted by atomic mass is 9.85. The monoisotopic (exact) mass is 272 g/mol. The first-order valence-corrected chi connectivity index (χ1v) is 7.30. The molecule has 0 amide bonds. The molecule has 20 heavy (non-hydrogen) atoms. The fraction of sp³-hybridized carbons (Fsp3) is 0.500. The van der Waals surface area contributed by atoms with Crippen LogP contribution >= 0.6 is 0 Å². The molecular weight excluding hydrogens is 252 g/mol. The minimum absolute atomic E-state index is 0.304. The molecule has 4 heteroatoms. The van der Waals surface area contributed by atoms with Crippen LogP contribution in [0.3, 0.4) is 0 Å². The van der Waals surface area contributed by atoms with Gasteiger partial charge < -0.3 is 9.67 Å². The number of benzene rings is 1. The van der Waals surface area contributed by atoms with E-state index in [2.05, 4.69) is 16.5 Å². The lowest BCUT2D eigenvalue weighted by molar-refractivity contribution is 0.0697. The largest absolute Gasteiger partial charge is 0.478 e. The molecule has 1 fully saturated rings. The van der Waals surface area contributed by atoms with Crippen LogP contribution in [0, 0.1) is 12.8 Å². The molecule has 1 N–H and O–H groups in total. The minimum atomic E-state index is -0.898. The number of aromatic nitrogens is 2. The van der Waals surface area contributed by atoms with Crippen LogP contribution in [-0.4, -0.2) is 20.6 Å². The van der Waals surface area contributed by atoms with Gasteiger partial charge in [0.05, 0.1) is 16.6 Å². The fourth-order valence-corrected chi connectivity index (χ4v) is 3.45. The van der Waals surface area contributed by atoms with E-state index >= 15 is 0 Å². The molecule has 1 aliphatic rings. The van der Waals surface area contributed by atoms with Crippen molar-refractivity contribution in [1.82, 2.24) is 9.55 Å². The molecule has 1 aliphatic carbocycles. The number of nitrogens with zero attached hydrogens (tertiary/aromatic N) is 2. The second-order valence-electron chi connectivity index (χ2n) is 5.87. The first kappa shape index (κ1) is 13.2. The highest BCUT2D eigenvalue weighted by molar-refractivity contribution is 5.92. The van der Waals surface area contributed by atoms with E-state index in [1.807, 2.05) is 13.0 Å². The summed E-state index contributed by atoms with van der Waals surface area (Å²) in [6.45, 7) is 4.32. The number of aryl methyl sites for hydroxylation is 1. The number of fused-ring (bicyclic) bond motifs is 1. The molecule has 1 aromatic heterocycles. The van der Waals surface area contributed by atoms with Crippen LogP contribution in [0.2, 0.25) is 0 Å². The van der Waals surface area contributed by atoms with E-state index < -0.39 is 5.97 Å². The maximum atomic E-state index is 11.1. The third-order valence-electron chi connectivity index (χ3n) is 4.51. The van der Waals surface area contributed by atoms with Crippen molar-refractivity contribution in [3.8, 4) is 0 Å². The van der Waals surface area contributed by atoms with E-state index in [4.69, 9.17) is 5.11 Å². The van der Waals surface area contributed by atoms with Crippen LogP contribution in [-0.2, 0) is 0 Å². The standard InChI is InChI=1S/C16H20N2O2/c1-10-5-3-4-6-14(10)18-11(2)17-13-9-12(16(19)20)7-8-15(13)18/h7-10,14H,3-6H2,1-2H3,(H,19,20). The third kappa shape index (κ3) is 2.09. The highest BCUT2D eigenvalue weighted by Crippen LogP contribution is 2.36. The Bertz CT molecular complexity index is 660. The molecule has 3 rings (SSSR count). The van der Waals surface area contributed by atoms with Crippen molar-refractivity contribution >= 4 is 17.0 Å². The lowest BCUT2D eigenvalue weighted by Gasteiger charge is -2.31. The fourth-order valence-electron chi connectivity index (χ4n) is 3.45. The van der Waals surface area contributed by atoms with E-state index in [1.165, 1.54) is 25.7 Å². The van der Waals surface area contributed by atoms with Crippen LogP contribution in [0.15, 0.2) is 18.2 Å². The summed E-state index contributed by atoms with van der Waals surface area (Å²) in [5.41, 5.74) is 2.16. The number of hydrogen-bond acceptors (Lipinski definition) is 2. The van der Waals surface area contributed by atoms with E-state index in [9.17, 15) is 4.79 Å². The molecule has 1 aromatic carbocycles. The molecule has 4 nitrogen and oxygen atoms in total. The van der Waals surface area contributed by atoms with Crippen molar-refractivity contribution in [2.75, 3.05) is 0 Å². The summed E-state index contributed by atoms with van der Waals surface area (Å²) in [4.78, 5) is 15.6. The molecule has 2 unspecified atom stereocenters. The smallest absolute Gasteiger partial charge is 0.335 e. The number of hydrogen-bond donors (Lipinski definition) is 1. The minimum Gasteiger partial charge on any atom is -0.478 e. The Hall–Kier alpha value is -1.84. The number of imidazole rings is 1. The average molecular weight is 272 g/mol. The van der Waals surface area contributed by atoms with Crippen molar-refractivity contribution < 1.29 is 9.90 Å². The average Bonchev–Trinajstić information content (AvgIpc) is 2.74. The molecule has 0 radical (unpaired) electrons. The van der Waals surface area contributed by atoms with E-state index in [0.717, 1.165) is 16.9 Å². The number of carboxylic acid groups (broad SMARTS) is 1. The molecule has 1 saturated carbocycles. The Morgan fingerprint density at radius 1 is 1.35 bits per heavy atom. The molecule has 2 atom stereocenters. The van der Waals surface area contributed by atoms with Crippen molar-refractivity contribution in [3.05, 3.63) is 29.6 Å². The summed E-state index contributed by atoms with van der Waals surface area (Å²) in [7, 11) is 0. The van der Waals surface area contributed by atoms with E-state index in [-0.39, 0.29) is 0 Å². The van der Waals surface area contributed by atoms with E-state index in [0.29, 0.717) is 17.5 Å². The van der Waals surface area contributed by atoms with Gasteiger partial charge in [0.1, 0.15) is 5.82 Å². The maximum Gasteiger partial charge on any atom is 0.335 e. The van der Waals surface area contributed by atoms with Gasteiger partial charge in [-0.25, -0.2) is 9.78 Å². The Kier molecular flexibility index (Phi) is 3.24. The molecule has 0 spiro atoms. The first-order valence-electron chi connectivity index (χ1n) is 7.30. The van der Waals surface area contributed by atoms with Gasteiger partial charge in [0, 0.05) is 6.04 Å². The van der Waals surface area contributed by atoms with Gasteiger partial charge in [0.25, 0.3) is 0 Å². The van der Waals surface area contributed by atoms with Gasteiger partial charge in [-0.1, -0.05) is 19.8 Å². The summed E-state index contributed by atoms with van der Waals surface area (Å²) < 4.78 is 2.31. The highest BCUT2D eigenvalue weighted by atomic mass is 16.4. The second kappa shape index (κ2) is 4.93. The molecule has 106 valence electrons. The Labute approximate surface area is 118 Å².